The van der Waals surface area contributed by atoms with Gasteiger partial charge in [-0.15, -0.1) is 0 Å². The van der Waals surface area contributed by atoms with E-state index >= 15 is 0 Å². The van der Waals surface area contributed by atoms with E-state index in [0.29, 0.717) is 6.04 Å². The van der Waals surface area contributed by atoms with Gasteiger partial charge in [0.1, 0.15) is 5.60 Å². The van der Waals surface area contributed by atoms with Gasteiger partial charge in [-0.05, 0) is 71.6 Å². The average molecular weight is 325 g/mol. The predicted molar refractivity (Wildman–Crippen MR) is 94.6 cm³/mol. The number of alkyl carbamates (subject to hydrolysis) is 1. The van der Waals surface area contributed by atoms with E-state index in [9.17, 15) is 4.79 Å². The minimum Gasteiger partial charge on any atom is -0.444 e. The Balaban J connectivity index is 1.73. The van der Waals surface area contributed by atoms with Crippen LogP contribution in [0, 0.1) is 5.92 Å². The number of nitrogens with one attached hydrogen (secondary N) is 2. The first-order valence-corrected chi connectivity index (χ1v) is 9.56. The number of amides is 1. The molecule has 0 saturated heterocycles. The highest BCUT2D eigenvalue weighted by molar-refractivity contribution is 5.69. The fourth-order valence-electron chi connectivity index (χ4n) is 3.87. The lowest BCUT2D eigenvalue weighted by Crippen LogP contribution is -2.61. The maximum atomic E-state index is 12.1. The van der Waals surface area contributed by atoms with Crippen molar-refractivity contribution in [1.82, 2.24) is 10.6 Å². The van der Waals surface area contributed by atoms with Crippen LogP contribution in [0.25, 0.3) is 0 Å². The molecule has 1 amide bonds. The molecule has 4 heteroatoms. The Kier molecular flexibility index (Phi) is 6.35. The third-order valence-electron chi connectivity index (χ3n) is 5.35. The van der Waals surface area contributed by atoms with E-state index in [-0.39, 0.29) is 11.6 Å². The normalized spacial score (nSPS) is 27.1. The van der Waals surface area contributed by atoms with Gasteiger partial charge in [0.2, 0.25) is 0 Å². The lowest BCUT2D eigenvalue weighted by molar-refractivity contribution is 0.0376. The summed E-state index contributed by atoms with van der Waals surface area (Å²) in [5.74, 6) is 0.940. The Morgan fingerprint density at radius 3 is 2.30 bits per heavy atom. The van der Waals surface area contributed by atoms with Crippen molar-refractivity contribution < 1.29 is 9.53 Å². The second-order valence-corrected chi connectivity index (χ2v) is 8.65. The second kappa shape index (κ2) is 7.87. The van der Waals surface area contributed by atoms with E-state index in [0.717, 1.165) is 25.3 Å². The van der Waals surface area contributed by atoms with Crippen LogP contribution in [0.4, 0.5) is 4.79 Å². The van der Waals surface area contributed by atoms with Gasteiger partial charge in [0, 0.05) is 12.6 Å². The van der Waals surface area contributed by atoms with E-state index < -0.39 is 5.60 Å². The van der Waals surface area contributed by atoms with Crippen LogP contribution in [0.5, 0.6) is 0 Å². The summed E-state index contributed by atoms with van der Waals surface area (Å²) >= 11 is 0. The summed E-state index contributed by atoms with van der Waals surface area (Å²) in [4.78, 5) is 12.1. The van der Waals surface area contributed by atoms with Crippen LogP contribution in [0.3, 0.4) is 0 Å². The van der Waals surface area contributed by atoms with Crippen molar-refractivity contribution in [2.75, 3.05) is 6.54 Å². The molecule has 2 fully saturated rings. The molecular formula is C19H36N2O2. The van der Waals surface area contributed by atoms with Gasteiger partial charge in [-0.2, -0.15) is 0 Å². The van der Waals surface area contributed by atoms with Crippen molar-refractivity contribution in [2.24, 2.45) is 5.92 Å². The zero-order valence-corrected chi connectivity index (χ0v) is 15.5. The fourth-order valence-corrected chi connectivity index (χ4v) is 3.87. The average Bonchev–Trinajstić information content (AvgIpc) is 2.41. The molecule has 0 atom stereocenters. The van der Waals surface area contributed by atoms with Crippen LogP contribution < -0.4 is 10.6 Å². The van der Waals surface area contributed by atoms with Gasteiger partial charge < -0.3 is 15.4 Å². The van der Waals surface area contributed by atoms with Crippen LogP contribution in [0.1, 0.15) is 85.5 Å². The SMILES string of the molecule is CCCC1CCC(NCC2(NC(=O)OC(C)(C)C)CCC2)CC1. The maximum Gasteiger partial charge on any atom is 0.408 e. The highest BCUT2D eigenvalue weighted by atomic mass is 16.6. The molecule has 0 unspecified atom stereocenters. The minimum atomic E-state index is -0.430. The van der Waals surface area contributed by atoms with Crippen molar-refractivity contribution in [2.45, 2.75) is 103 Å². The quantitative estimate of drug-likeness (QED) is 0.762. The maximum absolute atomic E-state index is 12.1. The molecule has 0 spiro atoms. The molecule has 2 rings (SSSR count). The van der Waals surface area contributed by atoms with Crippen molar-refractivity contribution in [3.05, 3.63) is 0 Å². The van der Waals surface area contributed by atoms with Gasteiger partial charge in [-0.3, -0.25) is 0 Å². The van der Waals surface area contributed by atoms with Gasteiger partial charge in [0.25, 0.3) is 0 Å². The molecular weight excluding hydrogens is 288 g/mol. The highest BCUT2D eigenvalue weighted by Gasteiger charge is 2.39. The van der Waals surface area contributed by atoms with Gasteiger partial charge in [0.15, 0.2) is 0 Å². The first-order valence-electron chi connectivity index (χ1n) is 9.56. The first kappa shape index (κ1) is 18.6. The van der Waals surface area contributed by atoms with Crippen LogP contribution in [0.15, 0.2) is 0 Å². The molecule has 0 aromatic rings. The Morgan fingerprint density at radius 1 is 1.17 bits per heavy atom. The molecule has 2 aliphatic carbocycles. The topological polar surface area (TPSA) is 50.4 Å². The molecule has 2 N–H and O–H groups in total. The summed E-state index contributed by atoms with van der Waals surface area (Å²) in [5.41, 5.74) is -0.511. The van der Waals surface area contributed by atoms with Crippen molar-refractivity contribution in [3.63, 3.8) is 0 Å². The summed E-state index contributed by atoms with van der Waals surface area (Å²) < 4.78 is 5.42. The zero-order chi connectivity index (χ0) is 16.9. The summed E-state index contributed by atoms with van der Waals surface area (Å²) in [5, 5.41) is 6.86. The molecule has 4 nitrogen and oxygen atoms in total. The zero-order valence-electron chi connectivity index (χ0n) is 15.5. The molecule has 0 bridgehead atoms. The largest absolute Gasteiger partial charge is 0.444 e. The third-order valence-corrected chi connectivity index (χ3v) is 5.35. The van der Waals surface area contributed by atoms with E-state index in [1.807, 2.05) is 20.8 Å². The molecule has 23 heavy (non-hydrogen) atoms. The summed E-state index contributed by atoms with van der Waals surface area (Å²) in [6.07, 6.45) is 11.0. The predicted octanol–water partition coefficient (Wildman–Crippen LogP) is 4.38. The molecule has 0 radical (unpaired) electrons. The second-order valence-electron chi connectivity index (χ2n) is 8.65. The summed E-state index contributed by atoms with van der Waals surface area (Å²) in [6, 6.07) is 0.626. The summed E-state index contributed by atoms with van der Waals surface area (Å²) in [7, 11) is 0. The molecule has 0 aromatic heterocycles. The molecule has 0 aromatic carbocycles. The molecule has 2 aliphatic rings. The summed E-state index contributed by atoms with van der Waals surface area (Å²) in [6.45, 7) is 8.90. The minimum absolute atomic E-state index is 0.0808. The van der Waals surface area contributed by atoms with Gasteiger partial charge >= 0.3 is 6.09 Å². The number of carbonyl (C=O) groups is 1. The first-order chi connectivity index (χ1) is 10.8. The van der Waals surface area contributed by atoms with Crippen LogP contribution in [0.2, 0.25) is 0 Å². The highest BCUT2D eigenvalue weighted by Crippen LogP contribution is 2.33. The number of ether oxygens (including phenoxy) is 1. The Hall–Kier alpha value is -0.770. The Morgan fingerprint density at radius 2 is 1.83 bits per heavy atom. The molecule has 0 aliphatic heterocycles. The lowest BCUT2D eigenvalue weighted by atomic mass is 9.76. The van der Waals surface area contributed by atoms with E-state index in [4.69, 9.17) is 4.74 Å². The molecule has 0 heterocycles. The van der Waals surface area contributed by atoms with Crippen molar-refractivity contribution in [3.8, 4) is 0 Å². The van der Waals surface area contributed by atoms with Crippen molar-refractivity contribution >= 4 is 6.09 Å². The Labute approximate surface area is 142 Å². The third kappa shape index (κ3) is 5.98. The number of hydrogen-bond acceptors (Lipinski definition) is 3. The van der Waals surface area contributed by atoms with Gasteiger partial charge in [-0.1, -0.05) is 19.8 Å². The Bertz CT molecular complexity index is 377. The smallest absolute Gasteiger partial charge is 0.408 e. The van der Waals surface area contributed by atoms with Gasteiger partial charge in [-0.25, -0.2) is 4.79 Å². The molecule has 134 valence electrons. The number of carbonyl (C=O) groups excluding carboxylic acids is 1. The van der Waals surface area contributed by atoms with Crippen LogP contribution >= 0.6 is 0 Å². The monoisotopic (exact) mass is 324 g/mol. The van der Waals surface area contributed by atoms with E-state index in [2.05, 4.69) is 17.6 Å². The van der Waals surface area contributed by atoms with Gasteiger partial charge in [0.05, 0.1) is 5.54 Å². The lowest BCUT2D eigenvalue weighted by Gasteiger charge is -2.44. The van der Waals surface area contributed by atoms with Crippen molar-refractivity contribution in [1.29, 1.82) is 0 Å². The number of hydrogen-bond donors (Lipinski definition) is 2. The fraction of sp³-hybridized carbons (Fsp3) is 0.947. The van der Waals surface area contributed by atoms with E-state index in [1.54, 1.807) is 0 Å². The van der Waals surface area contributed by atoms with Crippen LogP contribution in [-0.2, 0) is 4.74 Å². The number of rotatable bonds is 6. The van der Waals surface area contributed by atoms with E-state index in [1.165, 1.54) is 44.9 Å². The standard InChI is InChI=1S/C19H36N2O2/c1-5-7-15-8-10-16(11-9-15)20-14-19(12-6-13-19)21-17(22)23-18(2,3)4/h15-16,20H,5-14H2,1-4H3,(H,21,22). The van der Waals surface area contributed by atoms with Crippen LogP contribution in [-0.4, -0.2) is 29.8 Å². The molecule has 2 saturated carbocycles.